The van der Waals surface area contributed by atoms with Crippen molar-refractivity contribution in [2.24, 2.45) is 11.8 Å². The number of carbonyl (C=O) groups is 3. The monoisotopic (exact) mass is 392 g/mol. The zero-order valence-electron chi connectivity index (χ0n) is 15.5. The first-order valence-corrected chi connectivity index (χ1v) is 9.44. The lowest BCUT2D eigenvalue weighted by Crippen LogP contribution is -2.44. The van der Waals surface area contributed by atoms with Gasteiger partial charge in [0.15, 0.2) is 0 Å². The van der Waals surface area contributed by atoms with E-state index in [1.54, 1.807) is 4.90 Å². The van der Waals surface area contributed by atoms with E-state index in [1.165, 1.54) is 11.8 Å². The predicted molar refractivity (Wildman–Crippen MR) is 90.7 cm³/mol. The molecule has 3 unspecified atom stereocenters. The van der Waals surface area contributed by atoms with E-state index in [9.17, 15) is 27.6 Å². The average molecular weight is 392 g/mol. The molecular formula is C18H27F3N2O4. The standard InChI is InChI=1S/C18H27F3N2O4/c1-12(24)23(11-16(25)26)15-6-3-8-22(9-7-15)17(27)13-4-2-5-14(10-13)18(19,20)21/h13-15H,2-11H2,1H3,(H,25,26). The number of carbonyl (C=O) groups excluding carboxylic acids is 2. The van der Waals surface area contributed by atoms with Gasteiger partial charge in [-0.15, -0.1) is 0 Å². The average Bonchev–Trinajstić information content (AvgIpc) is 2.84. The van der Waals surface area contributed by atoms with Crippen LogP contribution in [0.5, 0.6) is 0 Å². The van der Waals surface area contributed by atoms with E-state index < -0.39 is 24.0 Å². The van der Waals surface area contributed by atoms with Gasteiger partial charge in [0.2, 0.25) is 11.8 Å². The number of hydrogen-bond acceptors (Lipinski definition) is 3. The van der Waals surface area contributed by atoms with Crippen LogP contribution in [0.25, 0.3) is 0 Å². The smallest absolute Gasteiger partial charge is 0.391 e. The summed E-state index contributed by atoms with van der Waals surface area (Å²) in [6.45, 7) is 1.70. The summed E-state index contributed by atoms with van der Waals surface area (Å²) in [7, 11) is 0. The van der Waals surface area contributed by atoms with E-state index in [1.807, 2.05) is 0 Å². The van der Waals surface area contributed by atoms with Gasteiger partial charge in [0.1, 0.15) is 6.54 Å². The molecule has 1 aliphatic carbocycles. The third-order valence-corrected chi connectivity index (χ3v) is 5.65. The summed E-state index contributed by atoms with van der Waals surface area (Å²) < 4.78 is 39.0. The number of halogens is 3. The van der Waals surface area contributed by atoms with Crippen molar-refractivity contribution in [1.82, 2.24) is 9.80 Å². The lowest BCUT2D eigenvalue weighted by molar-refractivity contribution is -0.187. The molecule has 154 valence electrons. The van der Waals surface area contributed by atoms with E-state index in [2.05, 4.69) is 0 Å². The third kappa shape index (κ3) is 5.84. The number of alkyl halides is 3. The van der Waals surface area contributed by atoms with E-state index in [4.69, 9.17) is 5.11 Å². The first-order valence-electron chi connectivity index (χ1n) is 9.44. The SMILES string of the molecule is CC(=O)N(CC(=O)O)C1CCCN(C(=O)C2CCCC(C(F)(F)F)C2)CC1. The van der Waals surface area contributed by atoms with Gasteiger partial charge in [0, 0.05) is 32.0 Å². The highest BCUT2D eigenvalue weighted by atomic mass is 19.4. The van der Waals surface area contributed by atoms with Crippen molar-refractivity contribution in [2.75, 3.05) is 19.6 Å². The molecular weight excluding hydrogens is 365 g/mol. The summed E-state index contributed by atoms with van der Waals surface area (Å²) in [5.74, 6) is -3.68. The number of carboxylic acids is 1. The minimum atomic E-state index is -4.26. The van der Waals surface area contributed by atoms with E-state index >= 15 is 0 Å². The quantitative estimate of drug-likeness (QED) is 0.798. The second-order valence-electron chi connectivity index (χ2n) is 7.55. The normalized spacial score (nSPS) is 27.0. The zero-order chi connectivity index (χ0) is 20.2. The molecule has 0 spiro atoms. The van der Waals surface area contributed by atoms with Gasteiger partial charge in [-0.05, 0) is 38.5 Å². The molecule has 9 heteroatoms. The van der Waals surface area contributed by atoms with Crippen LogP contribution in [0.1, 0.15) is 51.9 Å². The van der Waals surface area contributed by atoms with E-state index in [-0.39, 0.29) is 37.2 Å². The molecule has 6 nitrogen and oxygen atoms in total. The molecule has 0 radical (unpaired) electrons. The van der Waals surface area contributed by atoms with E-state index in [0.717, 1.165) is 0 Å². The van der Waals surface area contributed by atoms with Crippen LogP contribution in [0.4, 0.5) is 13.2 Å². The Morgan fingerprint density at radius 3 is 2.37 bits per heavy atom. The van der Waals surface area contributed by atoms with Crippen LogP contribution in [-0.4, -0.2) is 64.5 Å². The van der Waals surface area contributed by atoms with Crippen LogP contribution in [0.15, 0.2) is 0 Å². The Hall–Kier alpha value is -1.80. The molecule has 2 fully saturated rings. The molecule has 0 aromatic carbocycles. The van der Waals surface area contributed by atoms with Gasteiger partial charge in [-0.25, -0.2) is 0 Å². The number of carboxylic acid groups (broad SMARTS) is 1. The van der Waals surface area contributed by atoms with Gasteiger partial charge >= 0.3 is 12.1 Å². The highest BCUT2D eigenvalue weighted by molar-refractivity contribution is 5.80. The second kappa shape index (κ2) is 8.93. The number of hydrogen-bond donors (Lipinski definition) is 1. The van der Waals surface area contributed by atoms with Crippen molar-refractivity contribution < 1.29 is 32.7 Å². The van der Waals surface area contributed by atoms with Crippen molar-refractivity contribution in [3.63, 3.8) is 0 Å². The number of rotatable bonds is 4. The fraction of sp³-hybridized carbons (Fsp3) is 0.833. The number of likely N-dealkylation sites (tertiary alicyclic amines) is 1. The highest BCUT2D eigenvalue weighted by Crippen LogP contribution is 2.40. The summed E-state index contributed by atoms with van der Waals surface area (Å²) >= 11 is 0. The molecule has 27 heavy (non-hydrogen) atoms. The third-order valence-electron chi connectivity index (χ3n) is 5.65. The number of aliphatic carboxylic acids is 1. The maximum absolute atomic E-state index is 13.0. The molecule has 1 saturated carbocycles. The molecule has 1 N–H and O–H groups in total. The summed E-state index contributed by atoms with van der Waals surface area (Å²) in [5, 5.41) is 8.98. The molecule has 0 aromatic rings. The largest absolute Gasteiger partial charge is 0.480 e. The van der Waals surface area contributed by atoms with Crippen molar-refractivity contribution in [2.45, 2.75) is 64.1 Å². The van der Waals surface area contributed by atoms with Gasteiger partial charge in [0.05, 0.1) is 5.92 Å². The molecule has 2 rings (SSSR count). The second-order valence-corrected chi connectivity index (χ2v) is 7.55. The van der Waals surface area contributed by atoms with E-state index in [0.29, 0.717) is 45.2 Å². The molecule has 1 aliphatic heterocycles. The number of amides is 2. The molecule has 2 amide bonds. The van der Waals surface area contributed by atoms with Gasteiger partial charge in [-0.2, -0.15) is 13.2 Å². The first-order chi connectivity index (χ1) is 12.6. The van der Waals surface area contributed by atoms with Gasteiger partial charge in [-0.1, -0.05) is 6.42 Å². The Balaban J connectivity index is 1.97. The minimum Gasteiger partial charge on any atom is -0.480 e. The summed E-state index contributed by atoms with van der Waals surface area (Å²) in [4.78, 5) is 38.4. The Kier molecular flexibility index (Phi) is 7.11. The van der Waals surface area contributed by atoms with Crippen LogP contribution in [0, 0.1) is 11.8 Å². The Labute approximate surface area is 156 Å². The first kappa shape index (κ1) is 21.5. The molecule has 2 aliphatic rings. The lowest BCUT2D eigenvalue weighted by atomic mass is 9.80. The molecule has 1 saturated heterocycles. The topological polar surface area (TPSA) is 77.9 Å². The zero-order valence-corrected chi connectivity index (χ0v) is 15.5. The molecule has 0 bridgehead atoms. The van der Waals surface area contributed by atoms with Gasteiger partial charge in [0.25, 0.3) is 0 Å². The molecule has 3 atom stereocenters. The van der Waals surface area contributed by atoms with Crippen LogP contribution >= 0.6 is 0 Å². The maximum atomic E-state index is 13.0. The van der Waals surface area contributed by atoms with Crippen molar-refractivity contribution in [1.29, 1.82) is 0 Å². The number of nitrogens with zero attached hydrogens (tertiary/aromatic N) is 2. The Morgan fingerprint density at radius 2 is 1.78 bits per heavy atom. The van der Waals surface area contributed by atoms with Crippen molar-refractivity contribution >= 4 is 17.8 Å². The summed E-state index contributed by atoms with van der Waals surface area (Å²) in [5.41, 5.74) is 0. The van der Waals surface area contributed by atoms with Gasteiger partial charge < -0.3 is 14.9 Å². The predicted octanol–water partition coefficient (Wildman–Crippen LogP) is 2.67. The molecule has 1 heterocycles. The summed E-state index contributed by atoms with van der Waals surface area (Å²) in [6.07, 6.45) is -1.85. The Morgan fingerprint density at radius 1 is 1.07 bits per heavy atom. The van der Waals surface area contributed by atoms with Crippen LogP contribution in [0.3, 0.4) is 0 Å². The Bertz CT molecular complexity index is 567. The van der Waals surface area contributed by atoms with Crippen LogP contribution in [-0.2, 0) is 14.4 Å². The minimum absolute atomic E-state index is 0.0815. The summed E-state index contributed by atoms with van der Waals surface area (Å²) in [6, 6.07) is -0.273. The maximum Gasteiger partial charge on any atom is 0.391 e. The van der Waals surface area contributed by atoms with Crippen LogP contribution < -0.4 is 0 Å². The molecule has 0 aromatic heterocycles. The fourth-order valence-electron chi connectivity index (χ4n) is 4.22. The van der Waals surface area contributed by atoms with Crippen molar-refractivity contribution in [3.8, 4) is 0 Å². The van der Waals surface area contributed by atoms with Gasteiger partial charge in [-0.3, -0.25) is 14.4 Å². The van der Waals surface area contributed by atoms with Crippen molar-refractivity contribution in [3.05, 3.63) is 0 Å². The fourth-order valence-corrected chi connectivity index (χ4v) is 4.22. The lowest BCUT2D eigenvalue weighted by Gasteiger charge is -2.33. The highest BCUT2D eigenvalue weighted by Gasteiger charge is 2.44. The van der Waals surface area contributed by atoms with Crippen LogP contribution in [0.2, 0.25) is 0 Å².